The van der Waals surface area contributed by atoms with E-state index in [1.807, 2.05) is 0 Å². The van der Waals surface area contributed by atoms with E-state index in [1.54, 1.807) is 0 Å². The van der Waals surface area contributed by atoms with Crippen LogP contribution in [-0.4, -0.2) is 78.6 Å². The summed E-state index contributed by atoms with van der Waals surface area (Å²) < 4.78 is 19.9. The zero-order valence-corrected chi connectivity index (χ0v) is 21.7. The van der Waals surface area contributed by atoms with Crippen molar-refractivity contribution in [1.82, 2.24) is 5.32 Å². The normalized spacial score (nSPS) is 10.4. The molecular formula is C26H29NO12. The lowest BCUT2D eigenvalue weighted by atomic mass is 9.94. The van der Waals surface area contributed by atoms with Gasteiger partial charge in [-0.1, -0.05) is 13.2 Å². The summed E-state index contributed by atoms with van der Waals surface area (Å²) in [5, 5.41) is 11.8. The third-order valence-corrected chi connectivity index (χ3v) is 4.92. The quantitative estimate of drug-likeness (QED) is 0.107. The fourth-order valence-electron chi connectivity index (χ4n) is 2.97. The first kappa shape index (κ1) is 32.2. The van der Waals surface area contributed by atoms with Gasteiger partial charge in [0.1, 0.15) is 18.8 Å². The zero-order valence-electron chi connectivity index (χ0n) is 21.7. The van der Waals surface area contributed by atoms with Crippen molar-refractivity contribution in [3.8, 4) is 0 Å². The van der Waals surface area contributed by atoms with Gasteiger partial charge >= 0.3 is 30.0 Å². The summed E-state index contributed by atoms with van der Waals surface area (Å²) in [4.78, 5) is 82.8. The third-order valence-electron chi connectivity index (χ3n) is 4.92. The molecule has 39 heavy (non-hydrogen) atoms. The predicted molar refractivity (Wildman–Crippen MR) is 134 cm³/mol. The molecule has 2 N–H and O–H groups in total. The SMILES string of the molecule is C=CC(=O)OCC(C)(COC(=O)C=C)NC(=O)OCCCOC(=O)c1cc(C(=O)O)c(C(C)=O)cc1C(C)=O. The Morgan fingerprint density at radius 3 is 1.72 bits per heavy atom. The van der Waals surface area contributed by atoms with Gasteiger partial charge in [-0.25, -0.2) is 24.0 Å². The van der Waals surface area contributed by atoms with Gasteiger partial charge in [0, 0.05) is 29.7 Å². The van der Waals surface area contributed by atoms with Crippen molar-refractivity contribution in [3.63, 3.8) is 0 Å². The molecular weight excluding hydrogens is 518 g/mol. The fraction of sp³-hybridized carbons (Fsp3) is 0.346. The standard InChI is InChI=1S/C26H29NO12/c1-6-21(30)38-13-26(5,14-39-22(31)7-2)27-25(35)37-10-8-9-36-24(34)20-12-19(23(32)33)17(15(3)28)11-18(20)16(4)29/h6-7,11-12H,1-2,8-10,13-14H2,3-5H3,(H,27,35)(H,32,33). The molecule has 0 heterocycles. The van der Waals surface area contributed by atoms with Crippen LogP contribution in [-0.2, 0) is 28.5 Å². The molecule has 1 aromatic carbocycles. The topological polar surface area (TPSA) is 189 Å². The molecule has 0 fully saturated rings. The number of nitrogens with one attached hydrogen (secondary N) is 1. The molecule has 13 nitrogen and oxygen atoms in total. The van der Waals surface area contributed by atoms with Crippen LogP contribution in [0.3, 0.4) is 0 Å². The molecule has 0 radical (unpaired) electrons. The van der Waals surface area contributed by atoms with Crippen molar-refractivity contribution in [2.24, 2.45) is 0 Å². The van der Waals surface area contributed by atoms with Crippen LogP contribution < -0.4 is 5.32 Å². The first-order valence-electron chi connectivity index (χ1n) is 11.4. The molecule has 0 saturated heterocycles. The molecule has 0 saturated carbocycles. The number of carboxylic acids is 1. The minimum atomic E-state index is -1.46. The average Bonchev–Trinajstić information content (AvgIpc) is 2.88. The van der Waals surface area contributed by atoms with Gasteiger partial charge in [0.15, 0.2) is 11.6 Å². The van der Waals surface area contributed by atoms with E-state index in [9.17, 15) is 38.7 Å². The Bertz CT molecular complexity index is 1160. The summed E-state index contributed by atoms with van der Waals surface area (Å²) in [6, 6.07) is 1.94. The molecule has 210 valence electrons. The molecule has 0 aliphatic heterocycles. The maximum Gasteiger partial charge on any atom is 0.407 e. The maximum absolute atomic E-state index is 12.5. The summed E-state index contributed by atoms with van der Waals surface area (Å²) in [6.45, 7) is 8.95. The Morgan fingerprint density at radius 1 is 0.795 bits per heavy atom. The first-order valence-corrected chi connectivity index (χ1v) is 11.4. The highest BCUT2D eigenvalue weighted by Crippen LogP contribution is 2.20. The molecule has 0 bridgehead atoms. The number of benzene rings is 1. The number of hydrogen-bond acceptors (Lipinski definition) is 11. The minimum Gasteiger partial charge on any atom is -0.478 e. The van der Waals surface area contributed by atoms with Crippen molar-refractivity contribution >= 4 is 41.5 Å². The summed E-state index contributed by atoms with van der Waals surface area (Å²) in [5.74, 6) is -5.20. The minimum absolute atomic E-state index is 0.0134. The van der Waals surface area contributed by atoms with Crippen LogP contribution in [0.1, 0.15) is 68.6 Å². The zero-order chi connectivity index (χ0) is 29.8. The number of carboxylic acid groups (broad SMARTS) is 1. The van der Waals surface area contributed by atoms with E-state index in [0.717, 1.165) is 38.1 Å². The monoisotopic (exact) mass is 547 g/mol. The van der Waals surface area contributed by atoms with E-state index >= 15 is 0 Å². The Kier molecular flexibility index (Phi) is 12.2. The van der Waals surface area contributed by atoms with Crippen molar-refractivity contribution in [1.29, 1.82) is 0 Å². The van der Waals surface area contributed by atoms with Crippen LogP contribution in [0.25, 0.3) is 0 Å². The molecule has 0 aromatic heterocycles. The van der Waals surface area contributed by atoms with Gasteiger partial charge in [-0.15, -0.1) is 0 Å². The van der Waals surface area contributed by atoms with Crippen LogP contribution in [0, 0.1) is 0 Å². The smallest absolute Gasteiger partial charge is 0.407 e. The lowest BCUT2D eigenvalue weighted by molar-refractivity contribution is -0.144. The van der Waals surface area contributed by atoms with Gasteiger partial charge < -0.3 is 29.4 Å². The van der Waals surface area contributed by atoms with Gasteiger partial charge in [-0.3, -0.25) is 9.59 Å². The number of hydrogen-bond donors (Lipinski definition) is 2. The lowest BCUT2D eigenvalue weighted by Gasteiger charge is -2.28. The van der Waals surface area contributed by atoms with E-state index in [4.69, 9.17) is 18.9 Å². The number of carbonyl (C=O) groups excluding carboxylic acids is 6. The Balaban J connectivity index is 2.76. The van der Waals surface area contributed by atoms with Gasteiger partial charge in [0.25, 0.3) is 0 Å². The number of aromatic carboxylic acids is 1. The second-order valence-electron chi connectivity index (χ2n) is 8.30. The third kappa shape index (κ3) is 10.2. The van der Waals surface area contributed by atoms with Crippen LogP contribution in [0.4, 0.5) is 4.79 Å². The summed E-state index contributed by atoms with van der Waals surface area (Å²) in [6.07, 6.45) is 0.877. The molecule has 0 aliphatic carbocycles. The molecule has 0 spiro atoms. The number of amides is 1. The van der Waals surface area contributed by atoms with E-state index in [-0.39, 0.29) is 49.5 Å². The molecule has 1 amide bonds. The highest BCUT2D eigenvalue weighted by Gasteiger charge is 2.31. The molecule has 0 atom stereocenters. The van der Waals surface area contributed by atoms with Gasteiger partial charge in [0.2, 0.25) is 0 Å². The van der Waals surface area contributed by atoms with Crippen LogP contribution in [0.2, 0.25) is 0 Å². The highest BCUT2D eigenvalue weighted by molar-refractivity contribution is 6.12. The number of rotatable bonds is 15. The second kappa shape index (κ2) is 14.8. The van der Waals surface area contributed by atoms with Crippen LogP contribution in [0.15, 0.2) is 37.4 Å². The van der Waals surface area contributed by atoms with E-state index in [0.29, 0.717) is 0 Å². The van der Waals surface area contributed by atoms with E-state index < -0.39 is 52.6 Å². The van der Waals surface area contributed by atoms with Gasteiger partial charge in [-0.05, 0) is 32.9 Å². The van der Waals surface area contributed by atoms with Crippen molar-refractivity contribution in [3.05, 3.63) is 59.7 Å². The first-order chi connectivity index (χ1) is 18.2. The van der Waals surface area contributed by atoms with Crippen molar-refractivity contribution in [2.75, 3.05) is 26.4 Å². The number of Topliss-reactive ketones (excluding diaryl/α,β-unsaturated/α-hetero) is 2. The second-order valence-corrected chi connectivity index (χ2v) is 8.30. The van der Waals surface area contributed by atoms with Gasteiger partial charge in [0.05, 0.1) is 24.3 Å². The summed E-state index contributed by atoms with van der Waals surface area (Å²) in [7, 11) is 0. The van der Waals surface area contributed by atoms with Crippen LogP contribution >= 0.6 is 0 Å². The number of alkyl carbamates (subject to hydrolysis) is 1. The van der Waals surface area contributed by atoms with Crippen LogP contribution in [0.5, 0.6) is 0 Å². The molecule has 0 aliphatic rings. The highest BCUT2D eigenvalue weighted by atomic mass is 16.6. The Morgan fingerprint density at radius 2 is 1.26 bits per heavy atom. The number of ketones is 2. The Labute approximate surface area is 223 Å². The molecule has 13 heteroatoms. The molecule has 1 aromatic rings. The number of esters is 3. The van der Waals surface area contributed by atoms with Crippen molar-refractivity contribution in [2.45, 2.75) is 32.7 Å². The van der Waals surface area contributed by atoms with Gasteiger partial charge in [-0.2, -0.15) is 0 Å². The summed E-state index contributed by atoms with van der Waals surface area (Å²) >= 11 is 0. The fourth-order valence-corrected chi connectivity index (χ4v) is 2.97. The lowest BCUT2D eigenvalue weighted by Crippen LogP contribution is -2.53. The van der Waals surface area contributed by atoms with Crippen molar-refractivity contribution < 1.29 is 57.6 Å². The largest absolute Gasteiger partial charge is 0.478 e. The number of carbonyl (C=O) groups is 7. The maximum atomic E-state index is 12.5. The molecule has 0 unspecified atom stereocenters. The Hall–Kier alpha value is -4.81. The average molecular weight is 548 g/mol. The summed E-state index contributed by atoms with van der Waals surface area (Å²) in [5.41, 5.74) is -2.56. The van der Waals surface area contributed by atoms with E-state index in [1.165, 1.54) is 6.92 Å². The predicted octanol–water partition coefficient (Wildman–Crippen LogP) is 2.28. The molecule has 1 rings (SSSR count). The van der Waals surface area contributed by atoms with E-state index in [2.05, 4.69) is 18.5 Å². The number of ether oxygens (including phenoxy) is 4.